The molecule has 0 rings (SSSR count). The predicted molar refractivity (Wildman–Crippen MR) is 62.8 cm³/mol. The molecule has 0 aliphatic rings. The number of ether oxygens (including phenoxy) is 1. The number of amidine groups is 1. The summed E-state index contributed by atoms with van der Waals surface area (Å²) < 4.78 is 30.5. The third kappa shape index (κ3) is 6.07. The summed E-state index contributed by atoms with van der Waals surface area (Å²) >= 11 is 0. The Balaban J connectivity index is 4.64. The largest absolute Gasteiger partial charge is 0.446 e. The fourth-order valence-corrected chi connectivity index (χ4v) is 2.00. The molecule has 0 aliphatic carbocycles. The monoisotopic (exact) mass is 266 g/mol. The lowest BCUT2D eigenvalue weighted by Crippen LogP contribution is -2.47. The van der Waals surface area contributed by atoms with E-state index in [1.165, 1.54) is 0 Å². The van der Waals surface area contributed by atoms with Gasteiger partial charge in [0.15, 0.2) is 0 Å². The standard InChI is InChI=1S/C8H18N4O4S/c1-4-12(5-7(9)10)17(14,15)11-8(13)16-6(2)3/h6H,4-5H2,1-3H3,(H3,9,10)(H,11,13). The first-order valence-corrected chi connectivity index (χ1v) is 6.44. The van der Waals surface area contributed by atoms with E-state index in [4.69, 9.17) is 11.1 Å². The highest BCUT2D eigenvalue weighted by atomic mass is 32.2. The SMILES string of the molecule is CCN(CC(=N)N)S(=O)(=O)NC(=O)OC(C)C. The van der Waals surface area contributed by atoms with Crippen LogP contribution in [0, 0.1) is 5.41 Å². The molecule has 0 unspecified atom stereocenters. The minimum atomic E-state index is -4.02. The van der Waals surface area contributed by atoms with Crippen LogP contribution < -0.4 is 10.5 Å². The van der Waals surface area contributed by atoms with Crippen LogP contribution in [-0.2, 0) is 14.9 Å². The first-order valence-electron chi connectivity index (χ1n) is 5.00. The minimum absolute atomic E-state index is 0.0872. The second-order valence-corrected chi connectivity index (χ2v) is 5.18. The van der Waals surface area contributed by atoms with E-state index in [1.807, 2.05) is 0 Å². The molecule has 0 heterocycles. The van der Waals surface area contributed by atoms with Crippen molar-refractivity contribution in [1.29, 1.82) is 5.41 Å². The minimum Gasteiger partial charge on any atom is -0.446 e. The van der Waals surface area contributed by atoms with E-state index >= 15 is 0 Å². The Hall–Kier alpha value is -1.35. The Morgan fingerprint density at radius 3 is 2.41 bits per heavy atom. The molecule has 0 bridgehead atoms. The molecule has 0 fully saturated rings. The molecule has 4 N–H and O–H groups in total. The zero-order chi connectivity index (χ0) is 13.6. The molecule has 100 valence electrons. The first kappa shape index (κ1) is 15.7. The Morgan fingerprint density at radius 1 is 1.53 bits per heavy atom. The van der Waals surface area contributed by atoms with Gasteiger partial charge in [0.05, 0.1) is 12.6 Å². The molecule has 0 radical (unpaired) electrons. The fraction of sp³-hybridized carbons (Fsp3) is 0.750. The van der Waals surface area contributed by atoms with Crippen molar-refractivity contribution in [3.63, 3.8) is 0 Å². The molecule has 9 heteroatoms. The molecule has 0 atom stereocenters. The van der Waals surface area contributed by atoms with E-state index < -0.39 is 22.4 Å². The van der Waals surface area contributed by atoms with Crippen molar-refractivity contribution in [3.05, 3.63) is 0 Å². The van der Waals surface area contributed by atoms with Gasteiger partial charge in [-0.1, -0.05) is 6.92 Å². The van der Waals surface area contributed by atoms with E-state index in [2.05, 4.69) is 4.74 Å². The summed E-state index contributed by atoms with van der Waals surface area (Å²) in [4.78, 5) is 11.2. The molecular weight excluding hydrogens is 248 g/mol. The molecule has 0 saturated heterocycles. The van der Waals surface area contributed by atoms with Crippen molar-refractivity contribution in [1.82, 2.24) is 9.03 Å². The van der Waals surface area contributed by atoms with Gasteiger partial charge in [0.2, 0.25) is 0 Å². The van der Waals surface area contributed by atoms with Crippen LogP contribution >= 0.6 is 0 Å². The quantitative estimate of drug-likeness (QED) is 0.446. The molecule has 8 nitrogen and oxygen atoms in total. The fourth-order valence-electron chi connectivity index (χ4n) is 0.965. The molecule has 0 saturated carbocycles. The van der Waals surface area contributed by atoms with Gasteiger partial charge >= 0.3 is 16.3 Å². The number of rotatable bonds is 6. The van der Waals surface area contributed by atoms with Gasteiger partial charge in [0, 0.05) is 6.54 Å². The van der Waals surface area contributed by atoms with E-state index in [1.54, 1.807) is 25.5 Å². The highest BCUT2D eigenvalue weighted by Crippen LogP contribution is 1.98. The van der Waals surface area contributed by atoms with Gasteiger partial charge in [-0.25, -0.2) is 9.52 Å². The Bertz CT molecular complexity index is 379. The average Bonchev–Trinajstić information content (AvgIpc) is 2.10. The average molecular weight is 266 g/mol. The highest BCUT2D eigenvalue weighted by molar-refractivity contribution is 7.87. The summed E-state index contributed by atoms with van der Waals surface area (Å²) in [5.41, 5.74) is 5.11. The van der Waals surface area contributed by atoms with Crippen LogP contribution in [0.25, 0.3) is 0 Å². The number of hydrogen-bond acceptors (Lipinski definition) is 5. The zero-order valence-corrected chi connectivity index (χ0v) is 10.9. The molecule has 0 spiro atoms. The van der Waals surface area contributed by atoms with Crippen LogP contribution in [0.5, 0.6) is 0 Å². The number of nitrogens with two attached hydrogens (primary N) is 1. The third-order valence-electron chi connectivity index (χ3n) is 1.59. The van der Waals surface area contributed by atoms with Crippen molar-refractivity contribution in [2.45, 2.75) is 26.9 Å². The molecule has 0 aromatic carbocycles. The van der Waals surface area contributed by atoms with E-state index in [9.17, 15) is 13.2 Å². The summed E-state index contributed by atoms with van der Waals surface area (Å²) in [6, 6.07) is 0. The van der Waals surface area contributed by atoms with Gasteiger partial charge < -0.3 is 10.5 Å². The molecular formula is C8H18N4O4S. The second kappa shape index (κ2) is 6.40. The number of carbonyl (C=O) groups is 1. The lowest BCUT2D eigenvalue weighted by Gasteiger charge is -2.20. The number of amides is 1. The Labute approximate surface area is 101 Å². The van der Waals surface area contributed by atoms with Gasteiger partial charge in [-0.05, 0) is 13.8 Å². The Kier molecular flexibility index (Phi) is 5.89. The van der Waals surface area contributed by atoms with Crippen LogP contribution in [-0.4, -0.2) is 43.8 Å². The summed E-state index contributed by atoms with van der Waals surface area (Å²) in [6.07, 6.45) is -1.48. The maximum atomic E-state index is 11.7. The second-order valence-electron chi connectivity index (χ2n) is 3.51. The van der Waals surface area contributed by atoms with Gasteiger partial charge in [-0.3, -0.25) is 5.41 Å². The van der Waals surface area contributed by atoms with Crippen LogP contribution in [0.4, 0.5) is 4.79 Å². The zero-order valence-electron chi connectivity index (χ0n) is 10.1. The molecule has 17 heavy (non-hydrogen) atoms. The van der Waals surface area contributed by atoms with Crippen molar-refractivity contribution < 1.29 is 17.9 Å². The predicted octanol–water partition coefficient (Wildman–Crippen LogP) is -0.376. The number of nitrogens with zero attached hydrogens (tertiary/aromatic N) is 1. The molecule has 0 aromatic heterocycles. The van der Waals surface area contributed by atoms with Crippen LogP contribution in [0.3, 0.4) is 0 Å². The maximum absolute atomic E-state index is 11.7. The van der Waals surface area contributed by atoms with Crippen LogP contribution in [0.1, 0.15) is 20.8 Å². The van der Waals surface area contributed by atoms with Crippen LogP contribution in [0.2, 0.25) is 0 Å². The van der Waals surface area contributed by atoms with Crippen molar-refractivity contribution in [3.8, 4) is 0 Å². The molecule has 0 aliphatic heterocycles. The van der Waals surface area contributed by atoms with Crippen LogP contribution in [0.15, 0.2) is 0 Å². The normalized spacial score (nSPS) is 11.6. The van der Waals surface area contributed by atoms with Gasteiger partial charge in [-0.2, -0.15) is 12.7 Å². The smallest absolute Gasteiger partial charge is 0.422 e. The highest BCUT2D eigenvalue weighted by Gasteiger charge is 2.24. The van der Waals surface area contributed by atoms with E-state index in [0.717, 1.165) is 4.31 Å². The summed E-state index contributed by atoms with van der Waals surface area (Å²) in [5, 5.41) is 7.03. The Morgan fingerprint density at radius 2 is 2.06 bits per heavy atom. The number of hydrogen-bond donors (Lipinski definition) is 3. The van der Waals surface area contributed by atoms with E-state index in [-0.39, 0.29) is 18.9 Å². The topological polar surface area (TPSA) is 126 Å². The van der Waals surface area contributed by atoms with Gasteiger partial charge in [0.25, 0.3) is 0 Å². The first-order chi connectivity index (χ1) is 7.69. The van der Waals surface area contributed by atoms with Gasteiger partial charge in [0.1, 0.15) is 5.84 Å². The summed E-state index contributed by atoms with van der Waals surface area (Å²) in [7, 11) is -4.02. The summed E-state index contributed by atoms with van der Waals surface area (Å²) in [6.45, 7) is 4.57. The van der Waals surface area contributed by atoms with Crippen molar-refractivity contribution in [2.75, 3.05) is 13.1 Å². The van der Waals surface area contributed by atoms with Gasteiger partial charge in [-0.15, -0.1) is 0 Å². The maximum Gasteiger partial charge on any atom is 0.422 e. The van der Waals surface area contributed by atoms with E-state index in [0.29, 0.717) is 0 Å². The number of nitrogens with one attached hydrogen (secondary N) is 2. The lowest BCUT2D eigenvalue weighted by molar-refractivity contribution is 0.121. The summed E-state index contributed by atoms with van der Waals surface area (Å²) in [5.74, 6) is -0.311. The molecule has 1 amide bonds. The lowest BCUT2D eigenvalue weighted by atomic mass is 10.5. The van der Waals surface area contributed by atoms with Crippen molar-refractivity contribution in [2.24, 2.45) is 5.73 Å². The number of likely N-dealkylation sites (N-methyl/N-ethyl adjacent to an activating group) is 1. The molecule has 0 aromatic rings. The van der Waals surface area contributed by atoms with Crippen molar-refractivity contribution >= 4 is 22.1 Å². The third-order valence-corrected chi connectivity index (χ3v) is 3.09. The number of carbonyl (C=O) groups excluding carboxylic acids is 1.